The number of hydrogen-bond donors (Lipinski definition) is 1. The first-order valence-electron chi connectivity index (χ1n) is 5.57. The molecule has 0 heterocycles. The number of ether oxygens (including phenoxy) is 1. The average Bonchev–Trinajstić information content (AvgIpc) is 2.38. The molecule has 0 saturated heterocycles. The lowest BCUT2D eigenvalue weighted by Gasteiger charge is -2.10. The highest BCUT2D eigenvalue weighted by Gasteiger charge is 2.14. The summed E-state index contributed by atoms with van der Waals surface area (Å²) < 4.78 is 4.85. The third-order valence-electron chi connectivity index (χ3n) is 2.82. The number of carbonyl (C=O) groups excluding carboxylic acids is 1. The van der Waals surface area contributed by atoms with Gasteiger partial charge < -0.3 is 10.5 Å². The molecule has 2 aromatic carbocycles. The lowest BCUT2D eigenvalue weighted by Crippen LogP contribution is -2.10. The summed E-state index contributed by atoms with van der Waals surface area (Å²) in [4.78, 5) is 11.9. The highest BCUT2D eigenvalue weighted by molar-refractivity contribution is 6.05. The van der Waals surface area contributed by atoms with Crippen LogP contribution in [0.25, 0.3) is 10.8 Å². The van der Waals surface area contributed by atoms with Crippen LogP contribution in [0, 0.1) is 0 Å². The smallest absolute Gasteiger partial charge is 0.338 e. The summed E-state index contributed by atoms with van der Waals surface area (Å²) in [5.41, 5.74) is 7.14. The van der Waals surface area contributed by atoms with Gasteiger partial charge in [0.05, 0.1) is 12.7 Å². The fourth-order valence-corrected chi connectivity index (χ4v) is 2.02. The van der Waals surface area contributed by atoms with Crippen LogP contribution >= 0.6 is 0 Å². The van der Waals surface area contributed by atoms with Gasteiger partial charge in [0.25, 0.3) is 0 Å². The maximum absolute atomic E-state index is 11.9. The summed E-state index contributed by atoms with van der Waals surface area (Å²) in [6, 6.07) is 11.7. The van der Waals surface area contributed by atoms with Gasteiger partial charge in [0.2, 0.25) is 0 Å². The van der Waals surface area contributed by atoms with Gasteiger partial charge in [0.1, 0.15) is 0 Å². The Labute approximate surface area is 100 Å². The maximum atomic E-state index is 11.9. The van der Waals surface area contributed by atoms with Crippen LogP contribution in [-0.4, -0.2) is 19.6 Å². The van der Waals surface area contributed by atoms with Crippen molar-refractivity contribution in [3.8, 4) is 0 Å². The topological polar surface area (TPSA) is 52.3 Å². The van der Waals surface area contributed by atoms with E-state index in [0.29, 0.717) is 18.5 Å². The Morgan fingerprint density at radius 1 is 1.24 bits per heavy atom. The molecule has 0 radical (unpaired) electrons. The van der Waals surface area contributed by atoms with Crippen molar-refractivity contribution >= 4 is 16.7 Å². The van der Waals surface area contributed by atoms with E-state index < -0.39 is 0 Å². The van der Waals surface area contributed by atoms with E-state index in [-0.39, 0.29) is 5.97 Å². The van der Waals surface area contributed by atoms with Crippen molar-refractivity contribution in [1.29, 1.82) is 0 Å². The van der Waals surface area contributed by atoms with Crippen LogP contribution in [0.5, 0.6) is 0 Å². The maximum Gasteiger partial charge on any atom is 0.338 e. The van der Waals surface area contributed by atoms with E-state index in [1.54, 1.807) is 0 Å². The molecule has 0 aliphatic rings. The van der Waals surface area contributed by atoms with Crippen molar-refractivity contribution < 1.29 is 9.53 Å². The van der Waals surface area contributed by atoms with Crippen LogP contribution in [0.15, 0.2) is 36.4 Å². The zero-order valence-corrected chi connectivity index (χ0v) is 9.77. The van der Waals surface area contributed by atoms with E-state index in [1.807, 2.05) is 36.4 Å². The predicted octanol–water partition coefficient (Wildman–Crippen LogP) is 2.13. The van der Waals surface area contributed by atoms with Gasteiger partial charge in [-0.2, -0.15) is 0 Å². The molecular weight excluding hydrogens is 214 g/mol. The fraction of sp³-hybridized carbons (Fsp3) is 0.214. The minimum Gasteiger partial charge on any atom is -0.465 e. The van der Waals surface area contributed by atoms with Crippen molar-refractivity contribution in [2.45, 2.75) is 6.42 Å². The Bertz CT molecular complexity index is 549. The number of esters is 1. The van der Waals surface area contributed by atoms with Gasteiger partial charge in [-0.3, -0.25) is 0 Å². The molecule has 0 aliphatic carbocycles. The lowest BCUT2D eigenvalue weighted by molar-refractivity contribution is 0.0602. The lowest BCUT2D eigenvalue weighted by atomic mass is 9.97. The predicted molar refractivity (Wildman–Crippen MR) is 68.0 cm³/mol. The van der Waals surface area contributed by atoms with E-state index in [1.165, 1.54) is 7.11 Å². The number of methoxy groups -OCH3 is 1. The first-order chi connectivity index (χ1) is 8.27. The first-order valence-corrected chi connectivity index (χ1v) is 5.57. The summed E-state index contributed by atoms with van der Waals surface area (Å²) in [6.45, 7) is 0.516. The van der Waals surface area contributed by atoms with Gasteiger partial charge in [0, 0.05) is 0 Å². The van der Waals surface area contributed by atoms with Crippen LogP contribution in [0.4, 0.5) is 0 Å². The molecule has 0 aliphatic heterocycles. The molecule has 2 aromatic rings. The second-order valence-corrected chi connectivity index (χ2v) is 3.85. The third kappa shape index (κ3) is 2.15. The zero-order chi connectivity index (χ0) is 12.3. The number of fused-ring (bicyclic) bond motifs is 1. The van der Waals surface area contributed by atoms with E-state index >= 15 is 0 Å². The molecule has 0 spiro atoms. The molecule has 0 saturated carbocycles. The first kappa shape index (κ1) is 11.6. The Morgan fingerprint density at radius 2 is 2.00 bits per heavy atom. The summed E-state index contributed by atoms with van der Waals surface area (Å²) in [7, 11) is 1.40. The van der Waals surface area contributed by atoms with Crippen molar-refractivity contribution in [1.82, 2.24) is 0 Å². The van der Waals surface area contributed by atoms with Crippen LogP contribution < -0.4 is 5.73 Å². The minimum atomic E-state index is -0.301. The molecular formula is C14H15NO2. The summed E-state index contributed by atoms with van der Waals surface area (Å²) in [5.74, 6) is -0.301. The molecule has 0 atom stereocenters. The van der Waals surface area contributed by atoms with Gasteiger partial charge in [-0.1, -0.05) is 36.4 Å². The highest BCUT2D eigenvalue weighted by Crippen LogP contribution is 2.23. The number of hydrogen-bond acceptors (Lipinski definition) is 3. The molecule has 88 valence electrons. The number of nitrogens with two attached hydrogens (primary N) is 1. The van der Waals surface area contributed by atoms with Crippen LogP contribution in [0.3, 0.4) is 0 Å². The Balaban J connectivity index is 2.70. The average molecular weight is 229 g/mol. The quantitative estimate of drug-likeness (QED) is 0.820. The van der Waals surface area contributed by atoms with Crippen molar-refractivity contribution in [2.75, 3.05) is 13.7 Å². The van der Waals surface area contributed by atoms with E-state index in [2.05, 4.69) is 0 Å². The number of carbonyl (C=O) groups is 1. The normalized spacial score (nSPS) is 10.5. The SMILES string of the molecule is COC(=O)c1c(CCN)ccc2ccccc12. The second kappa shape index (κ2) is 4.97. The molecule has 2 N–H and O–H groups in total. The fourth-order valence-electron chi connectivity index (χ4n) is 2.02. The largest absolute Gasteiger partial charge is 0.465 e. The van der Waals surface area contributed by atoms with Crippen molar-refractivity contribution in [3.05, 3.63) is 47.5 Å². The Hall–Kier alpha value is -1.87. The second-order valence-electron chi connectivity index (χ2n) is 3.85. The van der Waals surface area contributed by atoms with Gasteiger partial charge >= 0.3 is 5.97 Å². The van der Waals surface area contributed by atoms with E-state index in [4.69, 9.17) is 10.5 Å². The van der Waals surface area contributed by atoms with E-state index in [0.717, 1.165) is 16.3 Å². The number of benzene rings is 2. The van der Waals surface area contributed by atoms with Crippen molar-refractivity contribution in [2.24, 2.45) is 5.73 Å². The highest BCUT2D eigenvalue weighted by atomic mass is 16.5. The van der Waals surface area contributed by atoms with Gasteiger partial charge in [-0.05, 0) is 29.3 Å². The zero-order valence-electron chi connectivity index (χ0n) is 9.77. The molecule has 2 rings (SSSR count). The Morgan fingerprint density at radius 3 is 2.71 bits per heavy atom. The molecule has 0 bridgehead atoms. The summed E-state index contributed by atoms with van der Waals surface area (Å²) >= 11 is 0. The van der Waals surface area contributed by atoms with Gasteiger partial charge in [0.15, 0.2) is 0 Å². The standard InChI is InChI=1S/C14H15NO2/c1-17-14(16)13-11(8-9-15)7-6-10-4-2-3-5-12(10)13/h2-7H,8-9,15H2,1H3. The van der Waals surface area contributed by atoms with Crippen LogP contribution in [-0.2, 0) is 11.2 Å². The Kier molecular flexibility index (Phi) is 3.40. The van der Waals surface area contributed by atoms with Crippen LogP contribution in [0.2, 0.25) is 0 Å². The number of rotatable bonds is 3. The van der Waals surface area contributed by atoms with E-state index in [9.17, 15) is 4.79 Å². The molecule has 17 heavy (non-hydrogen) atoms. The third-order valence-corrected chi connectivity index (χ3v) is 2.82. The summed E-state index contributed by atoms with van der Waals surface area (Å²) in [6.07, 6.45) is 0.676. The molecule has 0 amide bonds. The van der Waals surface area contributed by atoms with Gasteiger partial charge in [-0.25, -0.2) is 4.79 Å². The van der Waals surface area contributed by atoms with Crippen LogP contribution in [0.1, 0.15) is 15.9 Å². The molecule has 0 fully saturated rings. The van der Waals surface area contributed by atoms with Gasteiger partial charge in [-0.15, -0.1) is 0 Å². The summed E-state index contributed by atoms with van der Waals surface area (Å²) in [5, 5.41) is 1.96. The molecule has 3 nitrogen and oxygen atoms in total. The molecule has 3 heteroatoms. The minimum absolute atomic E-state index is 0.301. The molecule has 0 unspecified atom stereocenters. The van der Waals surface area contributed by atoms with Crippen molar-refractivity contribution in [3.63, 3.8) is 0 Å². The monoisotopic (exact) mass is 229 g/mol. The molecule has 0 aromatic heterocycles.